The van der Waals surface area contributed by atoms with Crippen LogP contribution in [0.5, 0.6) is 5.75 Å². The van der Waals surface area contributed by atoms with Crippen molar-refractivity contribution in [3.05, 3.63) is 81.5 Å². The monoisotopic (exact) mass is 363 g/mol. The largest absolute Gasteiger partial charge is 0.497 e. The van der Waals surface area contributed by atoms with Gasteiger partial charge >= 0.3 is 0 Å². The summed E-state index contributed by atoms with van der Waals surface area (Å²) in [7, 11) is 1.62. The molecular weight excluding hydrogens is 346 g/mol. The van der Waals surface area contributed by atoms with Crippen LogP contribution >= 0.6 is 12.2 Å². The molecule has 0 unspecified atom stereocenters. The molecule has 0 atom stereocenters. The first kappa shape index (κ1) is 16.4. The molecule has 0 aliphatic heterocycles. The van der Waals surface area contributed by atoms with Gasteiger partial charge in [-0.1, -0.05) is 42.5 Å². The van der Waals surface area contributed by atoms with Gasteiger partial charge in [0.05, 0.1) is 19.2 Å². The molecule has 0 saturated heterocycles. The van der Waals surface area contributed by atoms with E-state index in [1.165, 1.54) is 0 Å². The van der Waals surface area contributed by atoms with E-state index in [1.807, 2.05) is 60.8 Å². The Hall–Kier alpha value is -3.12. The van der Waals surface area contributed by atoms with Gasteiger partial charge in [0.1, 0.15) is 11.3 Å². The van der Waals surface area contributed by atoms with Crippen LogP contribution in [-0.2, 0) is 6.54 Å². The van der Waals surface area contributed by atoms with Gasteiger partial charge in [0.15, 0.2) is 4.77 Å². The van der Waals surface area contributed by atoms with Crippen molar-refractivity contribution in [3.63, 3.8) is 0 Å². The number of aromatic nitrogens is 3. The molecule has 2 aromatic carbocycles. The highest BCUT2D eigenvalue weighted by molar-refractivity contribution is 7.71. The lowest BCUT2D eigenvalue weighted by Crippen LogP contribution is -2.22. The number of hydrogen-bond donors (Lipinski definition) is 2. The smallest absolute Gasteiger partial charge is 0.278 e. The number of rotatable bonds is 4. The Labute approximate surface area is 154 Å². The van der Waals surface area contributed by atoms with Crippen molar-refractivity contribution in [2.24, 2.45) is 0 Å². The summed E-state index contributed by atoms with van der Waals surface area (Å²) >= 11 is 5.46. The molecule has 6 heteroatoms. The van der Waals surface area contributed by atoms with E-state index in [4.69, 9.17) is 17.0 Å². The molecule has 4 aromatic rings. The Bertz CT molecular complexity index is 1170. The predicted octanol–water partition coefficient (Wildman–Crippen LogP) is 4.11. The van der Waals surface area contributed by atoms with Crippen LogP contribution in [-0.4, -0.2) is 21.6 Å². The number of methoxy groups -OCH3 is 1. The molecule has 130 valence electrons. The number of nitrogens with zero attached hydrogens (tertiary/aromatic N) is 1. The van der Waals surface area contributed by atoms with Crippen molar-refractivity contribution < 1.29 is 4.74 Å². The van der Waals surface area contributed by atoms with Crippen molar-refractivity contribution in [3.8, 4) is 16.9 Å². The molecule has 5 nitrogen and oxygen atoms in total. The summed E-state index contributed by atoms with van der Waals surface area (Å²) in [6.07, 6.45) is 1.84. The maximum atomic E-state index is 12.9. The minimum absolute atomic E-state index is 0.137. The van der Waals surface area contributed by atoms with Crippen molar-refractivity contribution in [2.75, 3.05) is 7.11 Å². The van der Waals surface area contributed by atoms with Crippen LogP contribution < -0.4 is 10.3 Å². The average molecular weight is 363 g/mol. The molecule has 0 fully saturated rings. The van der Waals surface area contributed by atoms with Gasteiger partial charge in [0, 0.05) is 11.8 Å². The number of aromatic amines is 2. The fourth-order valence-corrected chi connectivity index (χ4v) is 3.28. The third-order valence-electron chi connectivity index (χ3n) is 4.40. The molecule has 2 aromatic heterocycles. The highest BCUT2D eigenvalue weighted by Gasteiger charge is 2.12. The third-order valence-corrected chi connectivity index (χ3v) is 4.72. The number of nitrogens with one attached hydrogen (secondary N) is 2. The van der Waals surface area contributed by atoms with Gasteiger partial charge in [0.25, 0.3) is 5.56 Å². The first-order chi connectivity index (χ1) is 12.7. The van der Waals surface area contributed by atoms with Crippen molar-refractivity contribution in [2.45, 2.75) is 6.54 Å². The molecule has 4 rings (SSSR count). The fraction of sp³-hybridized carbons (Fsp3) is 0.100. The highest BCUT2D eigenvalue weighted by Crippen LogP contribution is 2.25. The minimum Gasteiger partial charge on any atom is -0.497 e. The summed E-state index contributed by atoms with van der Waals surface area (Å²) in [5.74, 6) is 0.776. The Morgan fingerprint density at radius 2 is 1.77 bits per heavy atom. The van der Waals surface area contributed by atoms with E-state index in [-0.39, 0.29) is 5.56 Å². The van der Waals surface area contributed by atoms with Crippen LogP contribution in [0.4, 0.5) is 0 Å². The van der Waals surface area contributed by atoms with E-state index < -0.39 is 0 Å². The molecule has 0 aliphatic carbocycles. The molecular formula is C20H17N3O2S. The highest BCUT2D eigenvalue weighted by atomic mass is 32.1. The number of benzene rings is 2. The molecule has 0 spiro atoms. The van der Waals surface area contributed by atoms with Gasteiger partial charge in [-0.3, -0.25) is 9.36 Å². The summed E-state index contributed by atoms with van der Waals surface area (Å²) < 4.78 is 7.13. The van der Waals surface area contributed by atoms with Gasteiger partial charge in [-0.15, -0.1) is 0 Å². The van der Waals surface area contributed by atoms with E-state index in [9.17, 15) is 4.79 Å². The van der Waals surface area contributed by atoms with Crippen molar-refractivity contribution >= 4 is 23.3 Å². The van der Waals surface area contributed by atoms with Crippen LogP contribution in [0.15, 0.2) is 65.6 Å². The molecule has 0 aliphatic rings. The van der Waals surface area contributed by atoms with Crippen LogP contribution in [0.2, 0.25) is 0 Å². The van der Waals surface area contributed by atoms with E-state index in [0.717, 1.165) is 28.0 Å². The SMILES string of the molecule is COc1ccc(Cn2c(=S)[nH]c3c(-c4ccccc4)c[nH]c3c2=O)cc1. The zero-order valence-corrected chi connectivity index (χ0v) is 15.0. The van der Waals surface area contributed by atoms with E-state index >= 15 is 0 Å². The summed E-state index contributed by atoms with van der Waals surface area (Å²) in [5.41, 5.74) is 4.04. The maximum Gasteiger partial charge on any atom is 0.278 e. The standard InChI is InChI=1S/C20H17N3O2S/c1-25-15-9-7-13(8-10-15)12-23-19(24)18-17(22-20(23)26)16(11-21-18)14-5-3-2-4-6-14/h2-11,21H,12H2,1H3,(H,22,26). The van der Waals surface area contributed by atoms with Crippen LogP contribution in [0.25, 0.3) is 22.2 Å². The zero-order chi connectivity index (χ0) is 18.1. The van der Waals surface area contributed by atoms with Gasteiger partial charge in [-0.2, -0.15) is 0 Å². The van der Waals surface area contributed by atoms with Crippen LogP contribution in [0.3, 0.4) is 0 Å². The molecule has 2 heterocycles. The summed E-state index contributed by atoms with van der Waals surface area (Å²) in [4.78, 5) is 19.2. The average Bonchev–Trinajstić information content (AvgIpc) is 3.10. The summed E-state index contributed by atoms with van der Waals surface area (Å²) in [6.45, 7) is 0.397. The molecule has 26 heavy (non-hydrogen) atoms. The number of hydrogen-bond acceptors (Lipinski definition) is 3. The predicted molar refractivity (Wildman–Crippen MR) is 105 cm³/mol. The zero-order valence-electron chi connectivity index (χ0n) is 14.2. The van der Waals surface area contributed by atoms with Gasteiger partial charge in [-0.05, 0) is 35.5 Å². The van der Waals surface area contributed by atoms with E-state index in [0.29, 0.717) is 16.8 Å². The Balaban J connectivity index is 1.80. The molecule has 2 N–H and O–H groups in total. The molecule has 0 amide bonds. The normalized spacial score (nSPS) is 11.0. The quantitative estimate of drug-likeness (QED) is 0.536. The lowest BCUT2D eigenvalue weighted by atomic mass is 10.1. The summed E-state index contributed by atoms with van der Waals surface area (Å²) in [5, 5.41) is 0. The third kappa shape index (κ3) is 2.84. The number of ether oxygens (including phenoxy) is 1. The Kier molecular flexibility index (Phi) is 4.18. The maximum absolute atomic E-state index is 12.9. The molecule has 0 saturated carbocycles. The second-order valence-electron chi connectivity index (χ2n) is 5.99. The second kappa shape index (κ2) is 6.65. The Morgan fingerprint density at radius 1 is 1.04 bits per heavy atom. The van der Waals surface area contributed by atoms with Crippen molar-refractivity contribution in [1.29, 1.82) is 0 Å². The minimum atomic E-state index is -0.137. The second-order valence-corrected chi connectivity index (χ2v) is 6.37. The number of H-pyrrole nitrogens is 2. The lowest BCUT2D eigenvalue weighted by molar-refractivity contribution is 0.414. The summed E-state index contributed by atoms with van der Waals surface area (Å²) in [6, 6.07) is 17.5. The van der Waals surface area contributed by atoms with E-state index in [1.54, 1.807) is 11.7 Å². The molecule has 0 bridgehead atoms. The topological polar surface area (TPSA) is 62.8 Å². The van der Waals surface area contributed by atoms with Gasteiger partial charge in [-0.25, -0.2) is 0 Å². The van der Waals surface area contributed by atoms with E-state index in [2.05, 4.69) is 9.97 Å². The van der Waals surface area contributed by atoms with Crippen LogP contribution in [0.1, 0.15) is 5.56 Å². The fourth-order valence-electron chi connectivity index (χ4n) is 3.03. The number of fused-ring (bicyclic) bond motifs is 1. The lowest BCUT2D eigenvalue weighted by Gasteiger charge is -2.08. The first-order valence-electron chi connectivity index (χ1n) is 8.20. The van der Waals surface area contributed by atoms with Gasteiger partial charge in [0.2, 0.25) is 0 Å². The first-order valence-corrected chi connectivity index (χ1v) is 8.61. The Morgan fingerprint density at radius 3 is 2.46 bits per heavy atom. The van der Waals surface area contributed by atoms with Gasteiger partial charge < -0.3 is 14.7 Å². The molecule has 0 radical (unpaired) electrons. The van der Waals surface area contributed by atoms with Crippen molar-refractivity contribution in [1.82, 2.24) is 14.5 Å². The van der Waals surface area contributed by atoms with Crippen LogP contribution in [0, 0.1) is 4.77 Å².